The first-order valence-electron chi connectivity index (χ1n) is 6.99. The number of rotatable bonds is 7. The van der Waals surface area contributed by atoms with Gasteiger partial charge in [0.05, 0.1) is 4.92 Å². The van der Waals surface area contributed by atoms with Crippen molar-refractivity contribution < 1.29 is 4.92 Å². The van der Waals surface area contributed by atoms with Crippen LogP contribution in [0.3, 0.4) is 0 Å². The monoisotopic (exact) mass is 264 g/mol. The van der Waals surface area contributed by atoms with Crippen LogP contribution in [0.2, 0.25) is 0 Å². The molecule has 4 nitrogen and oxygen atoms in total. The van der Waals surface area contributed by atoms with Crippen LogP contribution < -0.4 is 5.32 Å². The molecule has 0 aliphatic heterocycles. The van der Waals surface area contributed by atoms with Gasteiger partial charge < -0.3 is 5.32 Å². The van der Waals surface area contributed by atoms with Gasteiger partial charge >= 0.3 is 0 Å². The lowest BCUT2D eigenvalue weighted by Gasteiger charge is -2.26. The lowest BCUT2D eigenvalue weighted by Crippen LogP contribution is -2.35. The Hall–Kier alpha value is -1.42. The van der Waals surface area contributed by atoms with E-state index in [4.69, 9.17) is 0 Å². The van der Waals surface area contributed by atoms with Crippen LogP contribution in [0, 0.1) is 16.0 Å². The van der Waals surface area contributed by atoms with Gasteiger partial charge in [0.15, 0.2) is 0 Å². The summed E-state index contributed by atoms with van der Waals surface area (Å²) in [4.78, 5) is 10.5. The first-order chi connectivity index (χ1) is 8.99. The molecule has 0 spiro atoms. The number of non-ortho nitro benzene ring substituents is 1. The zero-order valence-electron chi connectivity index (χ0n) is 12.2. The van der Waals surface area contributed by atoms with Crippen molar-refractivity contribution in [2.75, 3.05) is 0 Å². The van der Waals surface area contributed by atoms with Crippen LogP contribution >= 0.6 is 0 Å². The zero-order chi connectivity index (χ0) is 14.4. The van der Waals surface area contributed by atoms with E-state index in [0.29, 0.717) is 12.0 Å². The normalized spacial score (nSPS) is 15.8. The molecule has 0 bridgehead atoms. The predicted octanol–water partition coefficient (Wildman–Crippen LogP) is 4.07. The summed E-state index contributed by atoms with van der Waals surface area (Å²) >= 11 is 0. The average Bonchev–Trinajstić information content (AvgIpc) is 2.43. The highest BCUT2D eigenvalue weighted by Crippen LogP contribution is 2.23. The highest BCUT2D eigenvalue weighted by Gasteiger charge is 2.17. The van der Waals surface area contributed by atoms with Crippen molar-refractivity contribution in [1.29, 1.82) is 0 Å². The fraction of sp³-hybridized carbons (Fsp3) is 0.600. The molecule has 3 unspecified atom stereocenters. The van der Waals surface area contributed by atoms with Gasteiger partial charge in [0.25, 0.3) is 5.69 Å². The molecule has 1 aromatic carbocycles. The molecule has 1 rings (SSSR count). The maximum Gasteiger partial charge on any atom is 0.269 e. The summed E-state index contributed by atoms with van der Waals surface area (Å²) in [7, 11) is 0. The van der Waals surface area contributed by atoms with E-state index in [1.807, 2.05) is 6.07 Å². The molecule has 0 saturated carbocycles. The van der Waals surface area contributed by atoms with E-state index >= 15 is 0 Å². The first-order valence-corrected chi connectivity index (χ1v) is 6.99. The van der Waals surface area contributed by atoms with Gasteiger partial charge in [-0.25, -0.2) is 0 Å². The molecule has 3 atom stereocenters. The predicted molar refractivity (Wildman–Crippen MR) is 78.2 cm³/mol. The molecule has 0 radical (unpaired) electrons. The number of benzene rings is 1. The Balaban J connectivity index is 2.85. The van der Waals surface area contributed by atoms with Gasteiger partial charge in [-0.1, -0.05) is 39.3 Å². The molecule has 1 N–H and O–H groups in total. The number of nitrogens with zero attached hydrogens (tertiary/aromatic N) is 1. The van der Waals surface area contributed by atoms with E-state index in [9.17, 15) is 10.1 Å². The summed E-state index contributed by atoms with van der Waals surface area (Å²) in [6.07, 6.45) is 2.04. The molecular weight excluding hydrogens is 240 g/mol. The van der Waals surface area contributed by atoms with E-state index in [0.717, 1.165) is 18.4 Å². The SMILES string of the molecule is CCC(NC(C)C(C)CC)c1cccc([N+](=O)[O-])c1. The summed E-state index contributed by atoms with van der Waals surface area (Å²) in [6, 6.07) is 7.49. The minimum absolute atomic E-state index is 0.161. The van der Waals surface area contributed by atoms with Crippen LogP contribution in [0.15, 0.2) is 24.3 Å². The Kier molecular flexibility index (Phi) is 5.96. The van der Waals surface area contributed by atoms with Gasteiger partial charge in [0.2, 0.25) is 0 Å². The van der Waals surface area contributed by atoms with E-state index in [1.165, 1.54) is 6.07 Å². The van der Waals surface area contributed by atoms with Crippen molar-refractivity contribution in [3.05, 3.63) is 39.9 Å². The number of nitro groups is 1. The molecule has 19 heavy (non-hydrogen) atoms. The highest BCUT2D eigenvalue weighted by molar-refractivity contribution is 5.35. The van der Waals surface area contributed by atoms with Gasteiger partial charge in [-0.3, -0.25) is 10.1 Å². The molecular formula is C15H24N2O2. The van der Waals surface area contributed by atoms with Crippen molar-refractivity contribution in [3.63, 3.8) is 0 Å². The summed E-state index contributed by atoms with van der Waals surface area (Å²) in [5.74, 6) is 0.591. The van der Waals surface area contributed by atoms with Gasteiger partial charge in [-0.05, 0) is 24.8 Å². The van der Waals surface area contributed by atoms with Crippen molar-refractivity contribution in [2.24, 2.45) is 5.92 Å². The van der Waals surface area contributed by atoms with Crippen LogP contribution in [-0.2, 0) is 0 Å². The average molecular weight is 264 g/mol. The molecule has 106 valence electrons. The summed E-state index contributed by atoms with van der Waals surface area (Å²) < 4.78 is 0. The first kappa shape index (κ1) is 15.6. The molecule has 0 aromatic heterocycles. The fourth-order valence-corrected chi connectivity index (χ4v) is 2.14. The second-order valence-corrected chi connectivity index (χ2v) is 5.15. The molecule has 4 heteroatoms. The maximum atomic E-state index is 10.8. The van der Waals surface area contributed by atoms with Crippen LogP contribution in [0.5, 0.6) is 0 Å². The zero-order valence-corrected chi connectivity index (χ0v) is 12.2. The van der Waals surface area contributed by atoms with E-state index in [-0.39, 0.29) is 16.7 Å². The van der Waals surface area contributed by atoms with Crippen molar-refractivity contribution in [2.45, 2.75) is 52.6 Å². The molecule has 0 aliphatic rings. The topological polar surface area (TPSA) is 55.2 Å². The number of nitro benzene ring substituents is 1. The summed E-state index contributed by atoms with van der Waals surface area (Å²) in [5, 5.41) is 14.4. The molecule has 0 saturated heterocycles. The molecule has 1 aromatic rings. The highest BCUT2D eigenvalue weighted by atomic mass is 16.6. The largest absolute Gasteiger partial charge is 0.307 e. The smallest absolute Gasteiger partial charge is 0.269 e. The lowest BCUT2D eigenvalue weighted by atomic mass is 9.97. The Bertz CT molecular complexity index is 420. The lowest BCUT2D eigenvalue weighted by molar-refractivity contribution is -0.384. The minimum Gasteiger partial charge on any atom is -0.307 e. The van der Waals surface area contributed by atoms with Crippen LogP contribution in [0.25, 0.3) is 0 Å². The third kappa shape index (κ3) is 4.31. The standard InChI is InChI=1S/C15H24N2O2/c1-5-11(3)12(4)16-15(6-2)13-8-7-9-14(10-13)17(18)19/h7-12,15-16H,5-6H2,1-4H3. The summed E-state index contributed by atoms with van der Waals surface area (Å²) in [5.41, 5.74) is 1.15. The van der Waals surface area contributed by atoms with Gasteiger partial charge in [-0.15, -0.1) is 0 Å². The van der Waals surface area contributed by atoms with Gasteiger partial charge in [0, 0.05) is 24.2 Å². The Morgan fingerprint density at radius 3 is 2.47 bits per heavy atom. The molecule has 0 amide bonds. The molecule has 0 aliphatic carbocycles. The second kappa shape index (κ2) is 7.24. The van der Waals surface area contributed by atoms with Crippen LogP contribution in [0.4, 0.5) is 5.69 Å². The molecule has 0 fully saturated rings. The quantitative estimate of drug-likeness (QED) is 0.596. The number of nitrogens with one attached hydrogen (secondary N) is 1. The van der Waals surface area contributed by atoms with Gasteiger partial charge in [0.1, 0.15) is 0 Å². The van der Waals surface area contributed by atoms with Gasteiger partial charge in [-0.2, -0.15) is 0 Å². The summed E-state index contributed by atoms with van der Waals surface area (Å²) in [6.45, 7) is 8.67. The van der Waals surface area contributed by atoms with Crippen LogP contribution in [-0.4, -0.2) is 11.0 Å². The Morgan fingerprint density at radius 2 is 1.95 bits per heavy atom. The third-order valence-corrected chi connectivity index (χ3v) is 3.85. The maximum absolute atomic E-state index is 10.8. The second-order valence-electron chi connectivity index (χ2n) is 5.15. The van der Waals surface area contributed by atoms with Crippen molar-refractivity contribution in [1.82, 2.24) is 5.32 Å². The number of hydrogen-bond donors (Lipinski definition) is 1. The van der Waals surface area contributed by atoms with Crippen LogP contribution in [0.1, 0.15) is 52.1 Å². The Labute approximate surface area is 115 Å². The minimum atomic E-state index is -0.339. The van der Waals surface area contributed by atoms with Crippen molar-refractivity contribution in [3.8, 4) is 0 Å². The van der Waals surface area contributed by atoms with E-state index < -0.39 is 0 Å². The van der Waals surface area contributed by atoms with E-state index in [2.05, 4.69) is 33.0 Å². The van der Waals surface area contributed by atoms with Crippen molar-refractivity contribution >= 4 is 5.69 Å². The fourth-order valence-electron chi connectivity index (χ4n) is 2.14. The number of hydrogen-bond acceptors (Lipinski definition) is 3. The molecule has 0 heterocycles. The van der Waals surface area contributed by atoms with E-state index in [1.54, 1.807) is 12.1 Å². The third-order valence-electron chi connectivity index (χ3n) is 3.85. The Morgan fingerprint density at radius 1 is 1.26 bits per heavy atom.